The van der Waals surface area contributed by atoms with Crippen LogP contribution in [0.4, 0.5) is 4.39 Å². The zero-order chi connectivity index (χ0) is 14.0. The lowest BCUT2D eigenvalue weighted by Gasteiger charge is -2.17. The van der Waals surface area contributed by atoms with Gasteiger partial charge in [0.05, 0.1) is 5.56 Å². The minimum absolute atomic E-state index is 0.0270. The summed E-state index contributed by atoms with van der Waals surface area (Å²) in [5.74, 6) is -2.36. The molecule has 2 N–H and O–H groups in total. The van der Waals surface area contributed by atoms with E-state index in [1.54, 1.807) is 0 Å². The number of carbonyl (C=O) groups is 2. The van der Waals surface area contributed by atoms with Crippen LogP contribution in [0, 0.1) is 11.7 Å². The van der Waals surface area contributed by atoms with Gasteiger partial charge in [0.2, 0.25) is 0 Å². The second-order valence-electron chi connectivity index (χ2n) is 4.67. The van der Waals surface area contributed by atoms with Crippen LogP contribution in [0.15, 0.2) is 18.2 Å². The number of benzene rings is 1. The van der Waals surface area contributed by atoms with Crippen molar-refractivity contribution in [3.8, 4) is 5.75 Å². The zero-order valence-electron chi connectivity index (χ0n) is 10.2. The van der Waals surface area contributed by atoms with Crippen LogP contribution >= 0.6 is 0 Å². The van der Waals surface area contributed by atoms with E-state index in [2.05, 4.69) is 0 Å². The van der Waals surface area contributed by atoms with Crippen LogP contribution in [0.5, 0.6) is 5.75 Å². The molecule has 19 heavy (non-hydrogen) atoms. The summed E-state index contributed by atoms with van der Waals surface area (Å²) in [5, 5.41) is 18.3. The molecule has 0 aliphatic carbocycles. The third-order valence-corrected chi connectivity index (χ3v) is 3.23. The highest BCUT2D eigenvalue weighted by Gasteiger charge is 2.29. The molecular formula is C13H14FNO4. The molecule has 0 saturated carbocycles. The van der Waals surface area contributed by atoms with E-state index in [-0.39, 0.29) is 17.9 Å². The van der Waals surface area contributed by atoms with Crippen LogP contribution in [0.1, 0.15) is 23.2 Å². The molecule has 1 heterocycles. The topological polar surface area (TPSA) is 77.8 Å². The maximum Gasteiger partial charge on any atom is 0.303 e. The highest BCUT2D eigenvalue weighted by molar-refractivity contribution is 5.97. The van der Waals surface area contributed by atoms with E-state index in [1.807, 2.05) is 0 Å². The predicted octanol–water partition coefficient (Wildman–Crippen LogP) is 1.47. The van der Waals surface area contributed by atoms with Crippen molar-refractivity contribution in [2.75, 3.05) is 13.1 Å². The molecule has 1 saturated heterocycles. The van der Waals surface area contributed by atoms with E-state index < -0.39 is 23.4 Å². The third kappa shape index (κ3) is 3.01. The largest absolute Gasteiger partial charge is 0.507 e. The molecule has 6 heteroatoms. The molecule has 1 unspecified atom stereocenters. The van der Waals surface area contributed by atoms with Gasteiger partial charge in [-0.15, -0.1) is 0 Å². The molecule has 0 radical (unpaired) electrons. The molecule has 1 fully saturated rings. The van der Waals surface area contributed by atoms with Gasteiger partial charge in [-0.3, -0.25) is 9.59 Å². The maximum absolute atomic E-state index is 12.8. The van der Waals surface area contributed by atoms with Crippen molar-refractivity contribution in [2.45, 2.75) is 12.8 Å². The minimum atomic E-state index is -0.885. The number of phenols is 1. The Morgan fingerprint density at radius 2 is 2.16 bits per heavy atom. The van der Waals surface area contributed by atoms with Crippen LogP contribution in [0.2, 0.25) is 0 Å². The normalized spacial score (nSPS) is 18.6. The summed E-state index contributed by atoms with van der Waals surface area (Å²) in [5.41, 5.74) is 0.0392. The molecule has 1 aliphatic rings. The Kier molecular flexibility index (Phi) is 3.69. The van der Waals surface area contributed by atoms with Crippen molar-refractivity contribution in [1.82, 2.24) is 4.90 Å². The van der Waals surface area contributed by atoms with Crippen molar-refractivity contribution < 1.29 is 24.2 Å². The number of likely N-dealkylation sites (tertiary alicyclic amines) is 1. The van der Waals surface area contributed by atoms with E-state index in [0.717, 1.165) is 12.1 Å². The molecule has 0 bridgehead atoms. The van der Waals surface area contributed by atoms with Gasteiger partial charge < -0.3 is 15.1 Å². The number of nitrogens with zero attached hydrogens (tertiary/aromatic N) is 1. The molecule has 1 aliphatic heterocycles. The zero-order valence-corrected chi connectivity index (χ0v) is 10.2. The lowest BCUT2D eigenvalue weighted by atomic mass is 10.1. The quantitative estimate of drug-likeness (QED) is 0.869. The Labute approximate surface area is 109 Å². The Morgan fingerprint density at radius 3 is 2.79 bits per heavy atom. The number of aromatic hydroxyl groups is 1. The summed E-state index contributed by atoms with van der Waals surface area (Å²) in [6.45, 7) is 0.801. The Balaban J connectivity index is 2.07. The number of carbonyl (C=O) groups excluding carboxylic acids is 1. The third-order valence-electron chi connectivity index (χ3n) is 3.23. The number of carboxylic acid groups (broad SMARTS) is 1. The number of aliphatic carboxylic acids is 1. The standard InChI is InChI=1S/C13H14FNO4/c14-9-1-2-10(11(16)6-9)13(19)15-4-3-8(7-15)5-12(17)18/h1-2,6,8,16H,3-5,7H2,(H,17,18). The number of carboxylic acids is 1. The number of amides is 1. The van der Waals surface area contributed by atoms with E-state index in [0.29, 0.717) is 19.5 Å². The number of hydrogen-bond donors (Lipinski definition) is 2. The molecule has 0 spiro atoms. The lowest BCUT2D eigenvalue weighted by Crippen LogP contribution is -2.29. The van der Waals surface area contributed by atoms with Gasteiger partial charge >= 0.3 is 5.97 Å². The Morgan fingerprint density at radius 1 is 1.42 bits per heavy atom. The molecule has 1 aromatic carbocycles. The number of phenolic OH excluding ortho intramolecular Hbond substituents is 1. The molecule has 0 aromatic heterocycles. The molecule has 5 nitrogen and oxygen atoms in total. The fourth-order valence-corrected chi connectivity index (χ4v) is 2.29. The van der Waals surface area contributed by atoms with E-state index in [4.69, 9.17) is 5.11 Å². The van der Waals surface area contributed by atoms with Crippen molar-refractivity contribution in [3.05, 3.63) is 29.6 Å². The monoisotopic (exact) mass is 267 g/mol. The van der Waals surface area contributed by atoms with Gasteiger partial charge in [-0.1, -0.05) is 0 Å². The van der Waals surface area contributed by atoms with Crippen LogP contribution in [0.25, 0.3) is 0 Å². The van der Waals surface area contributed by atoms with Crippen LogP contribution in [-0.2, 0) is 4.79 Å². The average molecular weight is 267 g/mol. The maximum atomic E-state index is 12.8. The summed E-state index contributed by atoms with van der Waals surface area (Å²) < 4.78 is 12.8. The summed E-state index contributed by atoms with van der Waals surface area (Å²) in [4.78, 5) is 24.2. The summed E-state index contributed by atoms with van der Waals surface area (Å²) in [6.07, 6.45) is 0.652. The van der Waals surface area contributed by atoms with Crippen molar-refractivity contribution >= 4 is 11.9 Å². The second kappa shape index (κ2) is 5.26. The molecule has 1 atom stereocenters. The molecule has 1 aromatic rings. The van der Waals surface area contributed by atoms with E-state index in [1.165, 1.54) is 11.0 Å². The number of rotatable bonds is 3. The van der Waals surface area contributed by atoms with Gasteiger partial charge in [-0.05, 0) is 24.5 Å². The first-order valence-corrected chi connectivity index (χ1v) is 5.97. The smallest absolute Gasteiger partial charge is 0.303 e. The fraction of sp³-hybridized carbons (Fsp3) is 0.385. The predicted molar refractivity (Wildman–Crippen MR) is 64.3 cm³/mol. The summed E-state index contributed by atoms with van der Waals surface area (Å²) in [7, 11) is 0. The van der Waals surface area contributed by atoms with Gasteiger partial charge in [0.15, 0.2) is 0 Å². The fourth-order valence-electron chi connectivity index (χ4n) is 2.29. The SMILES string of the molecule is O=C(O)CC1CCN(C(=O)c2ccc(F)cc2O)C1. The van der Waals surface area contributed by atoms with Gasteiger partial charge in [0, 0.05) is 25.6 Å². The average Bonchev–Trinajstić information content (AvgIpc) is 2.75. The summed E-state index contributed by atoms with van der Waals surface area (Å²) >= 11 is 0. The first kappa shape index (κ1) is 13.3. The van der Waals surface area contributed by atoms with Gasteiger partial charge in [0.25, 0.3) is 5.91 Å². The first-order valence-electron chi connectivity index (χ1n) is 5.97. The van der Waals surface area contributed by atoms with E-state index >= 15 is 0 Å². The lowest BCUT2D eigenvalue weighted by molar-refractivity contribution is -0.138. The van der Waals surface area contributed by atoms with Crippen molar-refractivity contribution in [2.24, 2.45) is 5.92 Å². The van der Waals surface area contributed by atoms with Crippen LogP contribution in [-0.4, -0.2) is 40.1 Å². The Hall–Kier alpha value is -2.11. The van der Waals surface area contributed by atoms with Gasteiger partial charge in [0.1, 0.15) is 11.6 Å². The molecule has 1 amide bonds. The highest BCUT2D eigenvalue weighted by Crippen LogP contribution is 2.25. The molecule has 102 valence electrons. The van der Waals surface area contributed by atoms with Crippen LogP contribution < -0.4 is 0 Å². The number of hydrogen-bond acceptors (Lipinski definition) is 3. The van der Waals surface area contributed by atoms with Crippen molar-refractivity contribution in [3.63, 3.8) is 0 Å². The first-order chi connectivity index (χ1) is 8.97. The van der Waals surface area contributed by atoms with Gasteiger partial charge in [-0.25, -0.2) is 4.39 Å². The van der Waals surface area contributed by atoms with E-state index in [9.17, 15) is 19.1 Å². The highest BCUT2D eigenvalue weighted by atomic mass is 19.1. The molecular weight excluding hydrogens is 253 g/mol. The van der Waals surface area contributed by atoms with Crippen molar-refractivity contribution in [1.29, 1.82) is 0 Å². The summed E-state index contributed by atoms with van der Waals surface area (Å²) in [6, 6.07) is 3.23. The minimum Gasteiger partial charge on any atom is -0.507 e. The second-order valence-corrected chi connectivity index (χ2v) is 4.67. The van der Waals surface area contributed by atoms with Crippen LogP contribution in [0.3, 0.4) is 0 Å². The van der Waals surface area contributed by atoms with Gasteiger partial charge in [-0.2, -0.15) is 0 Å². The number of halogens is 1. The molecule has 2 rings (SSSR count). The Bertz CT molecular complexity index is 517.